The number of rotatable bonds is 7. The van der Waals surface area contributed by atoms with Gasteiger partial charge in [0.25, 0.3) is 5.91 Å². The molecule has 0 aliphatic carbocycles. The van der Waals surface area contributed by atoms with Crippen molar-refractivity contribution in [2.45, 2.75) is 25.7 Å². The summed E-state index contributed by atoms with van der Waals surface area (Å²) < 4.78 is 45.2. The lowest BCUT2D eigenvalue weighted by Crippen LogP contribution is -2.26. The summed E-state index contributed by atoms with van der Waals surface area (Å²) in [6.45, 7) is 2.19. The fourth-order valence-corrected chi connectivity index (χ4v) is 3.26. The molecule has 1 N–H and O–H groups in total. The van der Waals surface area contributed by atoms with E-state index in [-0.39, 0.29) is 11.9 Å². The lowest BCUT2D eigenvalue weighted by atomic mass is 10.1. The number of amides is 1. The molecule has 2 heterocycles. The van der Waals surface area contributed by atoms with Crippen LogP contribution in [0.4, 0.5) is 13.2 Å². The zero-order chi connectivity index (χ0) is 24.1. The van der Waals surface area contributed by atoms with E-state index in [1.807, 2.05) is 49.4 Å². The highest BCUT2D eigenvalue weighted by Gasteiger charge is 2.33. The molecule has 0 spiro atoms. The molecule has 0 fully saturated rings. The standard InChI is InChI=1S/C25H21F3N4O2/c1-17(19-5-4-7-22(15-19)34-16-20-6-2-3-13-29-20)30-24(33)18-8-10-21(11-9-18)32-14-12-23(31-32)25(26,27)28/h2-15,17H,16H2,1H3,(H,30,33). The van der Waals surface area contributed by atoms with E-state index in [2.05, 4.69) is 15.4 Å². The topological polar surface area (TPSA) is 69.0 Å². The second kappa shape index (κ2) is 9.78. The Kier molecular flexibility index (Phi) is 6.62. The van der Waals surface area contributed by atoms with Crippen molar-refractivity contribution in [2.24, 2.45) is 0 Å². The van der Waals surface area contributed by atoms with Crippen LogP contribution in [0.2, 0.25) is 0 Å². The monoisotopic (exact) mass is 466 g/mol. The summed E-state index contributed by atoms with van der Waals surface area (Å²) >= 11 is 0. The summed E-state index contributed by atoms with van der Waals surface area (Å²) in [6, 6.07) is 19.8. The number of carbonyl (C=O) groups is 1. The van der Waals surface area contributed by atoms with Gasteiger partial charge in [0.1, 0.15) is 12.4 Å². The van der Waals surface area contributed by atoms with Gasteiger partial charge in [0.15, 0.2) is 5.69 Å². The van der Waals surface area contributed by atoms with Crippen LogP contribution >= 0.6 is 0 Å². The molecular formula is C25H21F3N4O2. The van der Waals surface area contributed by atoms with Gasteiger partial charge >= 0.3 is 6.18 Å². The Balaban J connectivity index is 1.38. The van der Waals surface area contributed by atoms with Gasteiger partial charge in [-0.05, 0) is 67.1 Å². The molecule has 34 heavy (non-hydrogen) atoms. The highest BCUT2D eigenvalue weighted by molar-refractivity contribution is 5.94. The van der Waals surface area contributed by atoms with Gasteiger partial charge in [-0.15, -0.1) is 0 Å². The van der Waals surface area contributed by atoms with E-state index in [0.717, 1.165) is 22.0 Å². The van der Waals surface area contributed by atoms with E-state index in [0.29, 0.717) is 23.6 Å². The first-order valence-corrected chi connectivity index (χ1v) is 10.5. The van der Waals surface area contributed by atoms with Crippen LogP contribution in [-0.2, 0) is 12.8 Å². The lowest BCUT2D eigenvalue weighted by molar-refractivity contribution is -0.141. The average molecular weight is 466 g/mol. The minimum absolute atomic E-state index is 0.300. The van der Waals surface area contributed by atoms with Gasteiger partial charge in [0.2, 0.25) is 0 Å². The maximum absolute atomic E-state index is 12.8. The number of ether oxygens (including phenoxy) is 1. The second-order valence-corrected chi connectivity index (χ2v) is 7.57. The fourth-order valence-electron chi connectivity index (χ4n) is 3.26. The fraction of sp³-hybridized carbons (Fsp3) is 0.160. The number of carbonyl (C=O) groups excluding carboxylic acids is 1. The van der Waals surface area contributed by atoms with Gasteiger partial charge < -0.3 is 10.1 Å². The largest absolute Gasteiger partial charge is 0.487 e. The summed E-state index contributed by atoms with van der Waals surface area (Å²) in [6.07, 6.45) is -1.58. The minimum Gasteiger partial charge on any atom is -0.487 e. The van der Waals surface area contributed by atoms with Crippen molar-refractivity contribution in [1.82, 2.24) is 20.1 Å². The Morgan fingerprint density at radius 3 is 2.53 bits per heavy atom. The zero-order valence-electron chi connectivity index (χ0n) is 18.2. The Labute approximate surface area is 194 Å². The van der Waals surface area contributed by atoms with E-state index in [1.165, 1.54) is 6.20 Å². The molecule has 2 aromatic carbocycles. The first kappa shape index (κ1) is 23.0. The number of nitrogens with one attached hydrogen (secondary N) is 1. The highest BCUT2D eigenvalue weighted by Crippen LogP contribution is 2.28. The SMILES string of the molecule is CC(NC(=O)c1ccc(-n2ccc(C(F)(F)F)n2)cc1)c1cccc(OCc2ccccn2)c1. The van der Waals surface area contributed by atoms with Crippen LogP contribution in [0.1, 0.15) is 40.3 Å². The average Bonchev–Trinajstić information content (AvgIpc) is 3.35. The summed E-state index contributed by atoms with van der Waals surface area (Å²) in [7, 11) is 0. The third kappa shape index (κ3) is 5.61. The third-order valence-corrected chi connectivity index (χ3v) is 5.09. The van der Waals surface area contributed by atoms with E-state index >= 15 is 0 Å². The van der Waals surface area contributed by atoms with Crippen LogP contribution in [0, 0.1) is 0 Å². The van der Waals surface area contributed by atoms with Crippen LogP contribution < -0.4 is 10.1 Å². The number of halogens is 3. The van der Waals surface area contributed by atoms with Gasteiger partial charge in [-0.25, -0.2) is 4.68 Å². The van der Waals surface area contributed by atoms with Gasteiger partial charge in [-0.2, -0.15) is 18.3 Å². The maximum atomic E-state index is 12.8. The minimum atomic E-state index is -4.51. The number of pyridine rings is 1. The number of hydrogen-bond donors (Lipinski definition) is 1. The van der Waals surface area contributed by atoms with E-state index in [1.54, 1.807) is 30.5 Å². The van der Waals surface area contributed by atoms with E-state index in [9.17, 15) is 18.0 Å². The van der Waals surface area contributed by atoms with Crippen LogP contribution in [-0.4, -0.2) is 20.7 Å². The molecule has 9 heteroatoms. The smallest absolute Gasteiger partial charge is 0.435 e. The summed E-state index contributed by atoms with van der Waals surface area (Å²) in [5.41, 5.74) is 1.48. The molecule has 0 aliphatic heterocycles. The normalized spacial score (nSPS) is 12.2. The predicted molar refractivity (Wildman–Crippen MR) is 119 cm³/mol. The molecule has 1 atom stereocenters. The molecule has 6 nitrogen and oxygen atoms in total. The van der Waals surface area contributed by atoms with Crippen molar-refractivity contribution in [2.75, 3.05) is 0 Å². The van der Waals surface area contributed by atoms with Crippen LogP contribution in [0.15, 0.2) is 85.2 Å². The Morgan fingerprint density at radius 2 is 1.85 bits per heavy atom. The number of alkyl halides is 3. The number of nitrogens with zero attached hydrogens (tertiary/aromatic N) is 3. The Bertz CT molecular complexity index is 1260. The summed E-state index contributed by atoms with van der Waals surface area (Å²) in [5.74, 6) is 0.348. The summed E-state index contributed by atoms with van der Waals surface area (Å²) in [5, 5.41) is 6.45. The molecule has 2 aromatic heterocycles. The highest BCUT2D eigenvalue weighted by atomic mass is 19.4. The van der Waals surface area contributed by atoms with Gasteiger partial charge in [-0.3, -0.25) is 9.78 Å². The summed E-state index contributed by atoms with van der Waals surface area (Å²) in [4.78, 5) is 16.9. The van der Waals surface area contributed by atoms with Crippen molar-refractivity contribution in [1.29, 1.82) is 0 Å². The Morgan fingerprint density at radius 1 is 1.06 bits per heavy atom. The van der Waals surface area contributed by atoms with E-state index < -0.39 is 11.9 Å². The molecule has 174 valence electrons. The second-order valence-electron chi connectivity index (χ2n) is 7.57. The van der Waals surface area contributed by atoms with Gasteiger partial charge in [0, 0.05) is 18.0 Å². The number of benzene rings is 2. The molecule has 0 radical (unpaired) electrons. The van der Waals surface area contributed by atoms with Gasteiger partial charge in [0.05, 0.1) is 17.4 Å². The molecule has 4 rings (SSSR count). The number of hydrogen-bond acceptors (Lipinski definition) is 4. The predicted octanol–water partition coefficient (Wildman–Crippen LogP) is 5.36. The van der Waals surface area contributed by atoms with Crippen LogP contribution in [0.5, 0.6) is 5.75 Å². The number of aromatic nitrogens is 3. The third-order valence-electron chi connectivity index (χ3n) is 5.09. The first-order chi connectivity index (χ1) is 16.3. The van der Waals surface area contributed by atoms with Crippen LogP contribution in [0.25, 0.3) is 5.69 Å². The molecule has 0 aliphatic rings. The molecule has 0 bridgehead atoms. The maximum Gasteiger partial charge on any atom is 0.435 e. The molecule has 1 unspecified atom stereocenters. The first-order valence-electron chi connectivity index (χ1n) is 10.5. The van der Waals surface area contributed by atoms with Crippen molar-refractivity contribution in [3.8, 4) is 11.4 Å². The van der Waals surface area contributed by atoms with Crippen molar-refractivity contribution < 1.29 is 22.7 Å². The van der Waals surface area contributed by atoms with Crippen molar-refractivity contribution in [3.05, 3.63) is 108 Å². The lowest BCUT2D eigenvalue weighted by Gasteiger charge is -2.16. The van der Waals surface area contributed by atoms with Crippen molar-refractivity contribution in [3.63, 3.8) is 0 Å². The van der Waals surface area contributed by atoms with Gasteiger partial charge in [-0.1, -0.05) is 18.2 Å². The molecule has 0 saturated heterocycles. The van der Waals surface area contributed by atoms with E-state index in [4.69, 9.17) is 4.74 Å². The van der Waals surface area contributed by atoms with Crippen molar-refractivity contribution >= 4 is 5.91 Å². The molecule has 1 amide bonds. The Hall–Kier alpha value is -4.14. The molecular weight excluding hydrogens is 445 g/mol. The van der Waals surface area contributed by atoms with Crippen LogP contribution in [0.3, 0.4) is 0 Å². The quantitative estimate of drug-likeness (QED) is 0.398. The molecule has 0 saturated carbocycles. The molecule has 4 aromatic rings. The zero-order valence-corrected chi connectivity index (χ0v) is 18.2.